The summed E-state index contributed by atoms with van der Waals surface area (Å²) in [5.41, 5.74) is 16.5. The van der Waals surface area contributed by atoms with Gasteiger partial charge in [-0.2, -0.15) is 12.1 Å². The first-order valence-corrected chi connectivity index (χ1v) is 22.9. The van der Waals surface area contributed by atoms with Crippen molar-refractivity contribution >= 4 is 66.4 Å². The maximum Gasteiger partial charge on any atom is 0.136 e. The van der Waals surface area contributed by atoms with Gasteiger partial charge in [-0.15, -0.1) is 48.1 Å². The number of pyridine rings is 1. The van der Waals surface area contributed by atoms with Gasteiger partial charge in [-0.25, -0.2) is 4.98 Å². The van der Waals surface area contributed by atoms with Crippen LogP contribution >= 0.6 is 0 Å². The van der Waals surface area contributed by atoms with Crippen LogP contribution in [0, 0.1) is 32.6 Å². The molecule has 0 atom stereocenters. The topological polar surface area (TPSA) is 38.5 Å². The van der Waals surface area contributed by atoms with Crippen molar-refractivity contribution in [3.63, 3.8) is 0 Å². The van der Waals surface area contributed by atoms with Crippen LogP contribution in [-0.2, 0) is 21.1 Å². The Morgan fingerprint density at radius 2 is 1.10 bits per heavy atom. The van der Waals surface area contributed by atoms with Gasteiger partial charge < -0.3 is 23.7 Å². The zero-order valence-electron chi connectivity index (χ0n) is 37.7. The van der Waals surface area contributed by atoms with Gasteiger partial charge in [-0.05, 0) is 114 Å². The van der Waals surface area contributed by atoms with Gasteiger partial charge in [0, 0.05) is 83.4 Å². The Morgan fingerprint density at radius 1 is 0.464 bits per heavy atom. The van der Waals surface area contributed by atoms with Gasteiger partial charge in [0.15, 0.2) is 0 Å². The van der Waals surface area contributed by atoms with Crippen molar-refractivity contribution in [1.29, 1.82) is 0 Å². The maximum absolute atomic E-state index is 6.64. The molecule has 0 radical (unpaired) electrons. The van der Waals surface area contributed by atoms with Gasteiger partial charge in [0.25, 0.3) is 0 Å². The summed E-state index contributed by atoms with van der Waals surface area (Å²) >= 11 is 0. The van der Waals surface area contributed by atoms with Crippen LogP contribution in [0.5, 0.6) is 11.5 Å². The average Bonchev–Trinajstić information content (AvgIpc) is 4.05. The van der Waals surface area contributed by atoms with Crippen molar-refractivity contribution in [2.45, 2.75) is 13.8 Å². The Bertz CT molecular complexity index is 3910. The predicted molar refractivity (Wildman–Crippen MR) is 279 cm³/mol. The van der Waals surface area contributed by atoms with E-state index in [4.69, 9.17) is 9.72 Å². The maximum atomic E-state index is 6.64. The van der Waals surface area contributed by atoms with Crippen molar-refractivity contribution in [3.05, 3.63) is 242 Å². The quantitative estimate of drug-likeness (QED) is 0.142. The molecule has 0 fully saturated rings. The zero-order chi connectivity index (χ0) is 45.3. The summed E-state index contributed by atoms with van der Waals surface area (Å²) < 4.78 is 11.2. The van der Waals surface area contributed by atoms with Crippen LogP contribution in [0.2, 0.25) is 0 Å². The molecule has 0 unspecified atom stereocenters. The number of rotatable bonds is 8. The number of hydrogen-bond acceptors (Lipinski definition) is 4. The number of para-hydroxylation sites is 6. The number of ether oxygens (including phenoxy) is 1. The second-order valence-corrected chi connectivity index (χ2v) is 17.5. The Hall–Kier alpha value is -8.18. The number of fused-ring (bicyclic) bond motifs is 7. The number of aromatic nitrogens is 3. The molecule has 4 heterocycles. The molecule has 13 rings (SSSR count). The first-order chi connectivity index (χ1) is 33.5. The third-order valence-corrected chi connectivity index (χ3v) is 13.1. The molecule has 1 aliphatic rings. The SMILES string of the molecule is Cc1cc(C)cc(N2[CH-]N(c3[c-]c(Oc4[c-]c5c(cc4)c4ccccc4n5-c4cc(-c5cccc(-c6cccc7c8ccccc8n(-c8ccccc8)c67)c5)ccn4)ccc3)c3ccccc32)c1.[Pt]. The molecule has 3 aromatic heterocycles. The summed E-state index contributed by atoms with van der Waals surface area (Å²) in [5, 5.41) is 4.65. The van der Waals surface area contributed by atoms with Crippen LogP contribution in [0.15, 0.2) is 212 Å². The summed E-state index contributed by atoms with van der Waals surface area (Å²) in [5.74, 6) is 1.98. The molecule has 0 saturated carbocycles. The molecule has 7 heteroatoms. The number of aryl methyl sites for hydroxylation is 2. The molecule has 0 amide bonds. The summed E-state index contributed by atoms with van der Waals surface area (Å²) in [6, 6.07) is 80.0. The van der Waals surface area contributed by atoms with E-state index in [1.165, 1.54) is 38.5 Å². The fourth-order valence-electron chi connectivity index (χ4n) is 10.2. The first-order valence-electron chi connectivity index (χ1n) is 22.9. The second kappa shape index (κ2) is 17.2. The van der Waals surface area contributed by atoms with Crippen LogP contribution in [0.25, 0.3) is 77.4 Å². The summed E-state index contributed by atoms with van der Waals surface area (Å²) in [7, 11) is 0. The largest absolute Gasteiger partial charge is 0.509 e. The van der Waals surface area contributed by atoms with E-state index in [0.29, 0.717) is 11.5 Å². The molecule has 0 saturated heterocycles. The van der Waals surface area contributed by atoms with Crippen molar-refractivity contribution in [1.82, 2.24) is 14.1 Å². The molecule has 1 aliphatic heterocycles. The standard InChI is InChI=1S/C62H42N5O.Pt/c1-41-33-42(2)35-48(34-41)65-40-64(58-27-10-11-28-59(58)65)47-19-13-20-49(38-47)68-50-29-30-54-52-21-6-9-26-57(52)67(60(54)39-50)61-37-44(31-32-63-61)43-15-12-16-45(36-43)51-23-14-24-55-53-22-7-8-25-56(53)66(62(51)55)46-17-4-3-5-18-46;/h3-37,40H,1-2H3;/q-3;. The number of nitrogens with zero attached hydrogens (tertiary/aromatic N) is 5. The molecule has 0 bridgehead atoms. The van der Waals surface area contributed by atoms with Gasteiger partial charge in [0.05, 0.1) is 11.0 Å². The van der Waals surface area contributed by atoms with Gasteiger partial charge >= 0.3 is 0 Å². The van der Waals surface area contributed by atoms with Crippen molar-refractivity contribution in [3.8, 4) is 45.3 Å². The average molecular weight is 1070 g/mol. The van der Waals surface area contributed by atoms with Crippen molar-refractivity contribution in [2.75, 3.05) is 9.80 Å². The van der Waals surface area contributed by atoms with Crippen LogP contribution in [0.1, 0.15) is 11.1 Å². The van der Waals surface area contributed by atoms with Gasteiger partial charge in [-0.1, -0.05) is 115 Å². The fraction of sp³-hybridized carbons (Fsp3) is 0.0323. The van der Waals surface area contributed by atoms with E-state index in [1.807, 2.05) is 24.4 Å². The van der Waals surface area contributed by atoms with Crippen LogP contribution in [-0.4, -0.2) is 14.1 Å². The Morgan fingerprint density at radius 3 is 1.91 bits per heavy atom. The molecular weight excluding hydrogens is 1030 g/mol. The molecule has 0 aliphatic carbocycles. The molecule has 9 aromatic carbocycles. The first kappa shape index (κ1) is 42.2. The van der Waals surface area contributed by atoms with E-state index in [9.17, 15) is 0 Å². The molecule has 0 N–H and O–H groups in total. The van der Waals surface area contributed by atoms with Crippen molar-refractivity contribution in [2.24, 2.45) is 0 Å². The van der Waals surface area contributed by atoms with Crippen molar-refractivity contribution < 1.29 is 25.8 Å². The third kappa shape index (κ3) is 7.27. The van der Waals surface area contributed by atoms with E-state index >= 15 is 0 Å². The minimum atomic E-state index is 0. The monoisotopic (exact) mass is 1070 g/mol. The summed E-state index contributed by atoms with van der Waals surface area (Å²) in [4.78, 5) is 9.41. The fourth-order valence-corrected chi connectivity index (χ4v) is 10.2. The normalized spacial score (nSPS) is 12.3. The van der Waals surface area contributed by atoms with Gasteiger partial charge in [0.2, 0.25) is 0 Å². The van der Waals surface area contributed by atoms with Crippen LogP contribution in [0.4, 0.5) is 22.7 Å². The summed E-state index contributed by atoms with van der Waals surface area (Å²) in [6.07, 6.45) is 1.90. The smallest absolute Gasteiger partial charge is 0.136 e. The van der Waals surface area contributed by atoms with E-state index in [0.717, 1.165) is 72.8 Å². The molecular formula is C62H42N5OPt-3. The predicted octanol–water partition coefficient (Wildman–Crippen LogP) is 16.0. The van der Waals surface area contributed by atoms with E-state index in [1.54, 1.807) is 0 Å². The van der Waals surface area contributed by atoms with Crippen LogP contribution < -0.4 is 14.5 Å². The number of benzene rings is 9. The molecule has 334 valence electrons. The van der Waals surface area contributed by atoms with E-state index in [2.05, 4.69) is 240 Å². The Kier molecular flexibility index (Phi) is 10.5. The Labute approximate surface area is 415 Å². The van der Waals surface area contributed by atoms with Crippen LogP contribution in [0.3, 0.4) is 0 Å². The molecule has 6 nitrogen and oxygen atoms in total. The molecule has 69 heavy (non-hydrogen) atoms. The minimum absolute atomic E-state index is 0. The molecule has 0 spiro atoms. The van der Waals surface area contributed by atoms with Gasteiger partial charge in [-0.3, -0.25) is 0 Å². The number of hydrogen-bond donors (Lipinski definition) is 0. The van der Waals surface area contributed by atoms with E-state index < -0.39 is 0 Å². The van der Waals surface area contributed by atoms with Gasteiger partial charge in [0.1, 0.15) is 5.82 Å². The number of anilines is 4. The summed E-state index contributed by atoms with van der Waals surface area (Å²) in [6.45, 7) is 6.41. The molecule has 12 aromatic rings. The minimum Gasteiger partial charge on any atom is -0.509 e. The third-order valence-electron chi connectivity index (χ3n) is 13.1. The zero-order valence-corrected chi connectivity index (χ0v) is 40.0. The van der Waals surface area contributed by atoms with E-state index in [-0.39, 0.29) is 21.1 Å². The Balaban J connectivity index is 0.00000492. The second-order valence-electron chi connectivity index (χ2n) is 17.5.